The predicted molar refractivity (Wildman–Crippen MR) is 145 cm³/mol. The molecule has 2 rings (SSSR count). The highest BCUT2D eigenvalue weighted by molar-refractivity contribution is 7.52. The van der Waals surface area contributed by atoms with E-state index in [0.29, 0.717) is 23.3 Å². The summed E-state index contributed by atoms with van der Waals surface area (Å²) in [5, 5.41) is 15.6. The molecule has 240 valence electrons. The number of carboxylic acids is 2. The van der Waals surface area contributed by atoms with Crippen LogP contribution < -0.4 is 5.73 Å². The van der Waals surface area contributed by atoms with Crippen LogP contribution in [0.3, 0.4) is 0 Å². The lowest BCUT2D eigenvalue weighted by atomic mass is 10.4. The van der Waals surface area contributed by atoms with E-state index in [-0.39, 0.29) is 12.4 Å². The summed E-state index contributed by atoms with van der Waals surface area (Å²) in [6.07, 6.45) is -2.47. The molecule has 2 aromatic rings. The molecule has 0 aliphatic rings. The van der Waals surface area contributed by atoms with Gasteiger partial charge in [0.15, 0.2) is 18.1 Å². The van der Waals surface area contributed by atoms with E-state index in [0.717, 1.165) is 0 Å². The van der Waals surface area contributed by atoms with Crippen LogP contribution in [0.1, 0.15) is 34.6 Å². The first kappa shape index (κ1) is 36.7. The Morgan fingerprint density at radius 3 is 2.09 bits per heavy atom. The number of hydrogen-bond donors (Lipinski definition) is 4. The van der Waals surface area contributed by atoms with Gasteiger partial charge in [0.25, 0.3) is 0 Å². The number of nitrogens with zero attached hydrogens (tertiary/aromatic N) is 4. The summed E-state index contributed by atoms with van der Waals surface area (Å²) in [6, 6.07) is 0. The zero-order valence-corrected chi connectivity index (χ0v) is 24.8. The Labute approximate surface area is 245 Å². The summed E-state index contributed by atoms with van der Waals surface area (Å²) in [5.74, 6) is -2.29. The summed E-state index contributed by atoms with van der Waals surface area (Å²) >= 11 is 0. The topological polar surface area (TPSA) is 271 Å². The number of aliphatic carboxylic acids is 2. The molecule has 2 aromatic heterocycles. The maximum absolute atomic E-state index is 12.6. The third-order valence-electron chi connectivity index (χ3n) is 4.29. The molecular weight excluding hydrogens is 601 g/mol. The second-order valence-corrected chi connectivity index (χ2v) is 10.6. The Hall–Kier alpha value is -4.32. The van der Waals surface area contributed by atoms with E-state index < -0.39 is 69.4 Å². The maximum Gasteiger partial charge on any atom is 0.510 e. The number of carbonyl (C=O) groups excluding carboxylic acids is 2. The molecule has 20 heteroatoms. The summed E-state index contributed by atoms with van der Waals surface area (Å²) in [6.45, 7) is 7.49. The van der Waals surface area contributed by atoms with Gasteiger partial charge in [-0.25, -0.2) is 34.1 Å². The number of anilines is 1. The lowest BCUT2D eigenvalue weighted by molar-refractivity contribution is -0.134. The van der Waals surface area contributed by atoms with Crippen LogP contribution in [0.15, 0.2) is 24.8 Å². The van der Waals surface area contributed by atoms with Crippen molar-refractivity contribution in [1.82, 2.24) is 19.5 Å². The number of aromatic nitrogens is 4. The monoisotopic (exact) mass is 635 g/mol. The number of rotatable bonds is 14. The molecule has 2 heterocycles. The molecule has 3 atom stereocenters. The van der Waals surface area contributed by atoms with Gasteiger partial charge in [0.05, 0.1) is 31.2 Å². The predicted octanol–water partition coefficient (Wildman–Crippen LogP) is 2.13. The zero-order valence-electron chi connectivity index (χ0n) is 23.9. The maximum atomic E-state index is 12.6. The standard InChI is InChI=1S/C19H30N5O10P.C4H4O4/c1-11(2)31-18(25)29-7-14(33-19(26)32-12(3)4)34-35(27,28)10-30-13(5)6-24-9-23-15-16(20)21-8-22-17(15)24;5-3(6)1-2-4(7)8/h8-9,11-14H,6-7,10H2,1-5H3,(H,27,28)(H2,20,21,22);1-2H,(H,5,6)(H,7,8). The van der Waals surface area contributed by atoms with E-state index in [4.69, 9.17) is 44.2 Å². The third-order valence-corrected chi connectivity index (χ3v) is 5.33. The summed E-state index contributed by atoms with van der Waals surface area (Å²) < 4.78 is 43.9. The normalized spacial score (nSPS) is 14.0. The van der Waals surface area contributed by atoms with E-state index >= 15 is 0 Å². The Balaban J connectivity index is 0.00000101. The lowest BCUT2D eigenvalue weighted by Crippen LogP contribution is -2.30. The minimum atomic E-state index is -4.48. The highest BCUT2D eigenvalue weighted by Crippen LogP contribution is 2.44. The lowest BCUT2D eigenvalue weighted by Gasteiger charge is -2.22. The fraction of sp³-hybridized carbons (Fsp3) is 0.522. The van der Waals surface area contributed by atoms with Gasteiger partial charge >= 0.3 is 31.8 Å². The minimum absolute atomic E-state index is 0.220. The van der Waals surface area contributed by atoms with Crippen molar-refractivity contribution in [2.24, 2.45) is 0 Å². The summed E-state index contributed by atoms with van der Waals surface area (Å²) in [7, 11) is -4.48. The smallest absolute Gasteiger partial charge is 0.478 e. The Kier molecular flexibility index (Phi) is 15.0. The highest BCUT2D eigenvalue weighted by atomic mass is 31.2. The number of carboxylic acid groups (broad SMARTS) is 2. The largest absolute Gasteiger partial charge is 0.510 e. The van der Waals surface area contributed by atoms with E-state index in [1.165, 1.54) is 12.7 Å². The molecule has 5 N–H and O–H groups in total. The average Bonchev–Trinajstić information content (AvgIpc) is 3.28. The average molecular weight is 636 g/mol. The molecule has 0 aromatic carbocycles. The van der Waals surface area contributed by atoms with Gasteiger partial charge in [-0.2, -0.15) is 0 Å². The van der Waals surface area contributed by atoms with Gasteiger partial charge in [0, 0.05) is 12.2 Å². The van der Waals surface area contributed by atoms with Crippen molar-refractivity contribution >= 4 is 48.8 Å². The van der Waals surface area contributed by atoms with Gasteiger partial charge < -0.3 is 49.1 Å². The first-order valence-electron chi connectivity index (χ1n) is 12.4. The van der Waals surface area contributed by atoms with Crippen molar-refractivity contribution in [3.8, 4) is 0 Å². The van der Waals surface area contributed by atoms with Gasteiger partial charge in [-0.3, -0.25) is 9.09 Å². The van der Waals surface area contributed by atoms with Crippen molar-refractivity contribution in [3.05, 3.63) is 24.8 Å². The van der Waals surface area contributed by atoms with E-state index in [9.17, 15) is 28.6 Å². The Morgan fingerprint density at radius 1 is 0.953 bits per heavy atom. The van der Waals surface area contributed by atoms with Crippen LogP contribution >= 0.6 is 7.60 Å². The van der Waals surface area contributed by atoms with Crippen molar-refractivity contribution in [2.75, 3.05) is 18.7 Å². The van der Waals surface area contributed by atoms with Crippen LogP contribution in [0.25, 0.3) is 11.2 Å². The summed E-state index contributed by atoms with van der Waals surface area (Å²) in [5.41, 5.74) is 6.65. The number of imidazole rings is 1. The SMILES string of the molecule is CC(C)OC(=O)OCC(OC(=O)OC(C)C)OP(=O)(O)COC(C)Cn1cnc2c(N)ncnc21.O=C(O)C=CC(=O)O. The van der Waals surface area contributed by atoms with Crippen molar-refractivity contribution in [2.45, 2.75) is 65.8 Å². The molecule has 19 nitrogen and oxygen atoms in total. The molecule has 0 bridgehead atoms. The van der Waals surface area contributed by atoms with Crippen LogP contribution in [0.4, 0.5) is 15.4 Å². The van der Waals surface area contributed by atoms with Crippen LogP contribution in [0.2, 0.25) is 0 Å². The first-order chi connectivity index (χ1) is 20.0. The van der Waals surface area contributed by atoms with Crippen LogP contribution in [-0.2, 0) is 48.9 Å². The number of carbonyl (C=O) groups is 4. The van der Waals surface area contributed by atoms with E-state index in [2.05, 4.69) is 15.0 Å². The van der Waals surface area contributed by atoms with Crippen molar-refractivity contribution in [1.29, 1.82) is 0 Å². The molecule has 0 amide bonds. The van der Waals surface area contributed by atoms with Crippen molar-refractivity contribution < 1.29 is 67.1 Å². The Morgan fingerprint density at radius 2 is 1.53 bits per heavy atom. The molecule has 0 saturated heterocycles. The zero-order chi connectivity index (χ0) is 32.7. The molecular formula is C23H34N5O14P. The van der Waals surface area contributed by atoms with Crippen molar-refractivity contribution in [3.63, 3.8) is 0 Å². The second kappa shape index (κ2) is 17.6. The van der Waals surface area contributed by atoms with E-state index in [1.807, 2.05) is 0 Å². The molecule has 0 radical (unpaired) electrons. The second-order valence-electron chi connectivity index (χ2n) is 8.88. The van der Waals surface area contributed by atoms with Crippen LogP contribution in [-0.4, -0.2) is 96.4 Å². The van der Waals surface area contributed by atoms with Crippen LogP contribution in [0, 0.1) is 0 Å². The fourth-order valence-electron chi connectivity index (χ4n) is 2.72. The fourth-order valence-corrected chi connectivity index (χ4v) is 3.69. The first-order valence-corrected chi connectivity index (χ1v) is 14.1. The van der Waals surface area contributed by atoms with E-state index in [1.54, 1.807) is 39.2 Å². The molecule has 0 spiro atoms. The Bertz CT molecular complexity index is 1300. The van der Waals surface area contributed by atoms with Gasteiger partial charge in [-0.15, -0.1) is 0 Å². The number of hydrogen-bond acceptors (Lipinski definition) is 15. The van der Waals surface area contributed by atoms with Gasteiger partial charge in [-0.1, -0.05) is 0 Å². The molecule has 0 fully saturated rings. The molecule has 43 heavy (non-hydrogen) atoms. The third kappa shape index (κ3) is 15.5. The molecule has 0 aliphatic carbocycles. The quantitative estimate of drug-likeness (QED) is 0.100. The highest BCUT2D eigenvalue weighted by Gasteiger charge is 2.31. The number of nitrogens with two attached hydrogens (primary N) is 1. The number of fused-ring (bicyclic) bond motifs is 1. The van der Waals surface area contributed by atoms with Gasteiger partial charge in [0.1, 0.15) is 18.2 Å². The minimum Gasteiger partial charge on any atom is -0.478 e. The number of ether oxygens (including phenoxy) is 5. The van der Waals surface area contributed by atoms with Gasteiger partial charge in [-0.05, 0) is 34.6 Å². The van der Waals surface area contributed by atoms with Crippen LogP contribution in [0.5, 0.6) is 0 Å². The summed E-state index contributed by atoms with van der Waals surface area (Å²) in [4.78, 5) is 64.9. The molecule has 0 saturated carbocycles. The molecule has 3 unspecified atom stereocenters. The number of nitrogen functional groups attached to an aromatic ring is 1. The van der Waals surface area contributed by atoms with Gasteiger partial charge in [0.2, 0.25) is 6.29 Å². The molecule has 0 aliphatic heterocycles.